The number of nitrogens with one attached hydrogen (secondary N) is 1. The molecular formula is C20H26N2O. The maximum Gasteiger partial charge on any atom is 0.227 e. The number of carbonyl (C=O) groups excluding carboxylic acids is 1. The molecule has 1 heterocycles. The lowest BCUT2D eigenvalue weighted by atomic mass is 10.0. The lowest BCUT2D eigenvalue weighted by Gasteiger charge is -2.27. The van der Waals surface area contributed by atoms with Crippen molar-refractivity contribution in [1.82, 2.24) is 10.2 Å². The Balaban J connectivity index is 2.00. The van der Waals surface area contributed by atoms with E-state index in [2.05, 4.69) is 37.1 Å². The molecule has 1 N–H and O–H groups in total. The third kappa shape index (κ3) is 5.58. The highest BCUT2D eigenvalue weighted by atomic mass is 16.2. The second-order valence-electron chi connectivity index (χ2n) is 5.94. The van der Waals surface area contributed by atoms with Crippen molar-refractivity contribution in [3.63, 3.8) is 0 Å². The summed E-state index contributed by atoms with van der Waals surface area (Å²) in [7, 11) is 0. The quantitative estimate of drug-likeness (QED) is 0.670. The Bertz CT molecular complexity index is 595. The minimum atomic E-state index is 0.190. The van der Waals surface area contributed by atoms with Crippen molar-refractivity contribution in [2.24, 2.45) is 0 Å². The van der Waals surface area contributed by atoms with Crippen LogP contribution in [-0.2, 0) is 4.79 Å². The van der Waals surface area contributed by atoms with Crippen LogP contribution in [0.5, 0.6) is 0 Å². The molecule has 0 saturated heterocycles. The molecule has 0 radical (unpaired) electrons. The molecule has 1 atom stereocenters. The Kier molecular flexibility index (Phi) is 6.90. The average Bonchev–Trinajstić information content (AvgIpc) is 2.60. The van der Waals surface area contributed by atoms with E-state index in [9.17, 15) is 4.79 Å². The highest BCUT2D eigenvalue weighted by Crippen LogP contribution is 2.14. The first-order chi connectivity index (χ1) is 11.2. The van der Waals surface area contributed by atoms with Crippen LogP contribution in [0.4, 0.5) is 0 Å². The summed E-state index contributed by atoms with van der Waals surface area (Å²) in [6, 6.07) is 10.1. The van der Waals surface area contributed by atoms with Gasteiger partial charge in [-0.2, -0.15) is 0 Å². The molecule has 0 bridgehead atoms. The molecule has 122 valence electrons. The Labute approximate surface area is 139 Å². The number of benzene rings is 1. The zero-order valence-electron chi connectivity index (χ0n) is 14.1. The SMILES string of the molecule is CCC(C)N(CC#Cc1ccccc1)C(=O)CC1=CCNCC1. The van der Waals surface area contributed by atoms with Gasteiger partial charge in [-0.3, -0.25) is 4.79 Å². The molecule has 1 unspecified atom stereocenters. The summed E-state index contributed by atoms with van der Waals surface area (Å²) in [5.41, 5.74) is 2.24. The van der Waals surface area contributed by atoms with Crippen LogP contribution in [-0.4, -0.2) is 36.5 Å². The van der Waals surface area contributed by atoms with Crippen molar-refractivity contribution in [2.45, 2.75) is 39.2 Å². The summed E-state index contributed by atoms with van der Waals surface area (Å²) in [6.07, 6.45) is 4.58. The van der Waals surface area contributed by atoms with E-state index in [1.807, 2.05) is 35.2 Å². The Morgan fingerprint density at radius 1 is 1.35 bits per heavy atom. The van der Waals surface area contributed by atoms with Crippen molar-refractivity contribution in [2.75, 3.05) is 19.6 Å². The van der Waals surface area contributed by atoms with Crippen LogP contribution in [0.2, 0.25) is 0 Å². The third-order valence-electron chi connectivity index (χ3n) is 4.24. The second kappa shape index (κ2) is 9.17. The van der Waals surface area contributed by atoms with Gasteiger partial charge in [0.25, 0.3) is 0 Å². The van der Waals surface area contributed by atoms with Gasteiger partial charge < -0.3 is 10.2 Å². The zero-order chi connectivity index (χ0) is 16.5. The van der Waals surface area contributed by atoms with E-state index in [0.29, 0.717) is 13.0 Å². The van der Waals surface area contributed by atoms with E-state index >= 15 is 0 Å². The summed E-state index contributed by atoms with van der Waals surface area (Å²) in [5, 5.41) is 3.28. The molecule has 0 fully saturated rings. The zero-order valence-corrected chi connectivity index (χ0v) is 14.1. The van der Waals surface area contributed by atoms with Gasteiger partial charge >= 0.3 is 0 Å². The number of hydrogen-bond acceptors (Lipinski definition) is 2. The average molecular weight is 310 g/mol. The molecule has 1 amide bonds. The van der Waals surface area contributed by atoms with Gasteiger partial charge in [-0.05, 0) is 38.4 Å². The van der Waals surface area contributed by atoms with E-state index in [-0.39, 0.29) is 11.9 Å². The molecular weight excluding hydrogens is 284 g/mol. The summed E-state index contributed by atoms with van der Waals surface area (Å²) >= 11 is 0. The fraction of sp³-hybridized carbons (Fsp3) is 0.450. The van der Waals surface area contributed by atoms with Gasteiger partial charge in [0.2, 0.25) is 5.91 Å². The van der Waals surface area contributed by atoms with E-state index < -0.39 is 0 Å². The topological polar surface area (TPSA) is 32.3 Å². The predicted molar refractivity (Wildman–Crippen MR) is 95.0 cm³/mol. The first-order valence-corrected chi connectivity index (χ1v) is 8.42. The minimum Gasteiger partial charge on any atom is -0.329 e. The number of rotatable bonds is 5. The molecule has 1 aliphatic rings. The molecule has 0 spiro atoms. The molecule has 2 rings (SSSR count). The fourth-order valence-electron chi connectivity index (χ4n) is 2.58. The smallest absolute Gasteiger partial charge is 0.227 e. The second-order valence-corrected chi connectivity index (χ2v) is 5.94. The van der Waals surface area contributed by atoms with Crippen molar-refractivity contribution in [1.29, 1.82) is 0 Å². The van der Waals surface area contributed by atoms with Crippen molar-refractivity contribution in [3.8, 4) is 11.8 Å². The van der Waals surface area contributed by atoms with Crippen LogP contribution in [0.25, 0.3) is 0 Å². The molecule has 0 aromatic heterocycles. The van der Waals surface area contributed by atoms with Gasteiger partial charge in [0.15, 0.2) is 0 Å². The van der Waals surface area contributed by atoms with E-state index in [4.69, 9.17) is 0 Å². The number of nitrogens with zero attached hydrogens (tertiary/aromatic N) is 1. The molecule has 1 aromatic carbocycles. The van der Waals surface area contributed by atoms with Gasteiger partial charge in [0.05, 0.1) is 6.54 Å². The van der Waals surface area contributed by atoms with Gasteiger partial charge in [0.1, 0.15) is 0 Å². The van der Waals surface area contributed by atoms with Crippen LogP contribution < -0.4 is 5.32 Å². The summed E-state index contributed by atoms with van der Waals surface area (Å²) < 4.78 is 0. The molecule has 3 nitrogen and oxygen atoms in total. The lowest BCUT2D eigenvalue weighted by molar-refractivity contribution is -0.131. The Hall–Kier alpha value is -2.05. The van der Waals surface area contributed by atoms with Crippen LogP contribution in [0.15, 0.2) is 42.0 Å². The number of carbonyl (C=O) groups is 1. The number of hydrogen-bond donors (Lipinski definition) is 1. The molecule has 0 aliphatic carbocycles. The van der Waals surface area contributed by atoms with Gasteiger partial charge in [-0.25, -0.2) is 0 Å². The highest BCUT2D eigenvalue weighted by molar-refractivity contribution is 5.79. The van der Waals surface area contributed by atoms with Gasteiger partial charge in [-0.1, -0.05) is 48.6 Å². The molecule has 3 heteroatoms. The Morgan fingerprint density at radius 2 is 2.13 bits per heavy atom. The van der Waals surface area contributed by atoms with Crippen LogP contribution in [0, 0.1) is 11.8 Å². The third-order valence-corrected chi connectivity index (χ3v) is 4.24. The first kappa shape index (κ1) is 17.3. The van der Waals surface area contributed by atoms with Crippen molar-refractivity contribution >= 4 is 5.91 Å². The summed E-state index contributed by atoms with van der Waals surface area (Å²) in [5.74, 6) is 6.49. The van der Waals surface area contributed by atoms with Crippen molar-refractivity contribution in [3.05, 3.63) is 47.5 Å². The number of amides is 1. The van der Waals surface area contributed by atoms with Gasteiger partial charge in [-0.15, -0.1) is 0 Å². The minimum absolute atomic E-state index is 0.190. The fourth-order valence-corrected chi connectivity index (χ4v) is 2.58. The predicted octanol–water partition coefficient (Wildman–Crippen LogP) is 2.98. The maximum absolute atomic E-state index is 12.7. The van der Waals surface area contributed by atoms with E-state index in [0.717, 1.165) is 31.5 Å². The highest BCUT2D eigenvalue weighted by Gasteiger charge is 2.19. The molecule has 23 heavy (non-hydrogen) atoms. The van der Waals surface area contributed by atoms with Crippen LogP contribution in [0.3, 0.4) is 0 Å². The Morgan fingerprint density at radius 3 is 2.78 bits per heavy atom. The summed E-state index contributed by atoms with van der Waals surface area (Å²) in [6.45, 7) is 6.54. The molecule has 0 saturated carbocycles. The van der Waals surface area contributed by atoms with Gasteiger partial charge in [0, 0.05) is 24.6 Å². The summed E-state index contributed by atoms with van der Waals surface area (Å²) in [4.78, 5) is 14.6. The maximum atomic E-state index is 12.7. The standard InChI is InChI=1S/C20H26N2O/c1-3-17(2)22(15-7-10-18-8-5-4-6-9-18)20(23)16-19-11-13-21-14-12-19/h4-6,8-9,11,17,21H,3,12-16H2,1-2H3. The monoisotopic (exact) mass is 310 g/mol. The molecule has 1 aromatic rings. The largest absolute Gasteiger partial charge is 0.329 e. The van der Waals surface area contributed by atoms with Crippen molar-refractivity contribution < 1.29 is 4.79 Å². The van der Waals surface area contributed by atoms with E-state index in [1.165, 1.54) is 5.57 Å². The lowest BCUT2D eigenvalue weighted by Crippen LogP contribution is -2.39. The van der Waals surface area contributed by atoms with E-state index in [1.54, 1.807) is 0 Å². The van der Waals surface area contributed by atoms with Crippen LogP contribution >= 0.6 is 0 Å². The molecule has 1 aliphatic heterocycles. The normalized spacial score (nSPS) is 15.1. The van der Waals surface area contributed by atoms with Crippen LogP contribution in [0.1, 0.15) is 38.7 Å². The first-order valence-electron chi connectivity index (χ1n) is 8.42.